The molecule has 8 heteroatoms. The number of rotatable bonds is 38. The van der Waals surface area contributed by atoms with E-state index in [1.165, 1.54) is 116 Å². The highest BCUT2D eigenvalue weighted by Crippen LogP contribution is 2.16. The molecule has 0 aliphatic carbocycles. The molecule has 2 atom stereocenters. The van der Waals surface area contributed by atoms with Crippen molar-refractivity contribution < 1.29 is 38.2 Å². The first kappa shape index (κ1) is 49.8. The Labute approximate surface area is 320 Å². The quantitative estimate of drug-likeness (QED) is 0.0269. The summed E-state index contributed by atoms with van der Waals surface area (Å²) in [6, 6.07) is -0.730. The molecule has 2 unspecified atom stereocenters. The van der Waals surface area contributed by atoms with E-state index in [4.69, 9.17) is 14.2 Å². The minimum atomic E-state index is -1.13. The first-order valence-electron chi connectivity index (χ1n) is 21.4. The van der Waals surface area contributed by atoms with Gasteiger partial charge >= 0.3 is 11.9 Å². The van der Waals surface area contributed by atoms with E-state index >= 15 is 0 Å². The van der Waals surface area contributed by atoms with Gasteiger partial charge in [-0.05, 0) is 25.7 Å². The number of ether oxygens (including phenoxy) is 3. The van der Waals surface area contributed by atoms with Crippen molar-refractivity contribution in [3.63, 3.8) is 0 Å². The third kappa shape index (κ3) is 33.6. The van der Waals surface area contributed by atoms with Crippen molar-refractivity contribution in [1.82, 2.24) is 0 Å². The average molecular weight is 736 g/mol. The largest absolute Gasteiger partial charge is 0.544 e. The van der Waals surface area contributed by atoms with Crippen molar-refractivity contribution >= 4 is 17.9 Å². The lowest BCUT2D eigenvalue weighted by Crippen LogP contribution is -2.55. The highest BCUT2D eigenvalue weighted by atomic mass is 16.6. The fraction of sp³-hybridized carbons (Fsp3) is 0.841. The molecule has 0 spiro atoms. The lowest BCUT2D eigenvalue weighted by molar-refractivity contribution is -0.889. The van der Waals surface area contributed by atoms with Gasteiger partial charge in [0.25, 0.3) is 0 Å². The van der Waals surface area contributed by atoms with E-state index in [1.54, 1.807) is 21.1 Å². The number of unbranched alkanes of at least 4 members (excludes halogenated alkanes) is 20. The molecular formula is C44H81NO7. The van der Waals surface area contributed by atoms with Crippen LogP contribution in [0.5, 0.6) is 0 Å². The molecule has 0 aliphatic rings. The van der Waals surface area contributed by atoms with Crippen molar-refractivity contribution in [3.8, 4) is 0 Å². The number of carboxylic acids is 1. The Balaban J connectivity index is 4.12. The first-order valence-corrected chi connectivity index (χ1v) is 21.4. The van der Waals surface area contributed by atoms with E-state index in [0.717, 1.165) is 32.1 Å². The Bertz CT molecular complexity index is 911. The zero-order valence-electron chi connectivity index (χ0n) is 34.5. The number of carboxylic acid groups (broad SMARTS) is 1. The van der Waals surface area contributed by atoms with Crippen LogP contribution in [-0.2, 0) is 28.6 Å². The van der Waals surface area contributed by atoms with Gasteiger partial charge in [-0.2, -0.15) is 0 Å². The van der Waals surface area contributed by atoms with Crippen LogP contribution < -0.4 is 5.11 Å². The lowest BCUT2D eigenvalue weighted by Gasteiger charge is -2.34. The summed E-state index contributed by atoms with van der Waals surface area (Å²) in [6.45, 7) is 4.46. The monoisotopic (exact) mass is 736 g/mol. The van der Waals surface area contributed by atoms with Crippen LogP contribution in [0.15, 0.2) is 24.3 Å². The van der Waals surface area contributed by atoms with E-state index in [1.807, 2.05) is 12.2 Å². The molecule has 0 fully saturated rings. The molecule has 0 aromatic rings. The van der Waals surface area contributed by atoms with Gasteiger partial charge in [0.15, 0.2) is 6.10 Å². The number of hydrogen-bond donors (Lipinski definition) is 0. The van der Waals surface area contributed by atoms with E-state index in [9.17, 15) is 19.5 Å². The molecule has 52 heavy (non-hydrogen) atoms. The predicted molar refractivity (Wildman–Crippen MR) is 213 cm³/mol. The Morgan fingerprint density at radius 2 is 1.08 bits per heavy atom. The number of carbonyl (C=O) groups is 3. The maximum absolute atomic E-state index is 12.5. The van der Waals surface area contributed by atoms with Crippen LogP contribution >= 0.6 is 0 Å². The molecule has 0 N–H and O–H groups in total. The zero-order chi connectivity index (χ0) is 38.5. The molecule has 0 aliphatic heterocycles. The summed E-state index contributed by atoms with van der Waals surface area (Å²) in [5.74, 6) is -1.82. The number of esters is 2. The Kier molecular flexibility index (Phi) is 34.3. The summed E-state index contributed by atoms with van der Waals surface area (Å²) in [4.78, 5) is 36.5. The van der Waals surface area contributed by atoms with Gasteiger partial charge in [0.2, 0.25) is 0 Å². The zero-order valence-corrected chi connectivity index (χ0v) is 34.5. The van der Waals surface area contributed by atoms with Crippen molar-refractivity contribution in [2.75, 3.05) is 41.0 Å². The van der Waals surface area contributed by atoms with Gasteiger partial charge in [-0.25, -0.2) is 0 Å². The highest BCUT2D eigenvalue weighted by molar-refractivity contribution is 5.70. The Morgan fingerprint density at radius 1 is 0.596 bits per heavy atom. The standard InChI is InChI=1S/C44H81NO7/c1-6-8-10-12-14-15-16-17-18-19-20-21-22-23-24-25-26-27-29-30-32-34-42(46)51-39-40(38-50-37-36-41(44(48)49)45(3,4)5)52-43(47)35-33-31-28-13-11-9-7-2/h9,11,28,31,40-41H,6-8,10,12-27,29-30,32-39H2,1-5H3/b11-9+,31-28+. The van der Waals surface area contributed by atoms with E-state index in [-0.39, 0.29) is 49.1 Å². The second kappa shape index (κ2) is 35.8. The summed E-state index contributed by atoms with van der Waals surface area (Å²) >= 11 is 0. The summed E-state index contributed by atoms with van der Waals surface area (Å²) < 4.78 is 17.0. The number of carbonyl (C=O) groups excluding carboxylic acids is 3. The van der Waals surface area contributed by atoms with Crippen molar-refractivity contribution in [3.05, 3.63) is 24.3 Å². The minimum Gasteiger partial charge on any atom is -0.544 e. The molecule has 0 aromatic carbocycles. The normalized spacial score (nSPS) is 13.2. The molecule has 0 saturated carbocycles. The van der Waals surface area contributed by atoms with Crippen molar-refractivity contribution in [2.24, 2.45) is 0 Å². The summed E-state index contributed by atoms with van der Waals surface area (Å²) in [5, 5.41) is 11.6. The molecule has 0 aromatic heterocycles. The SMILES string of the molecule is CC/C=C/C/C=C/CCC(=O)OC(COCCC(C(=O)[O-])[N+](C)(C)C)COC(=O)CCCCCCCCCCCCCCCCCCCCCCC. The van der Waals surface area contributed by atoms with Gasteiger partial charge in [-0.3, -0.25) is 9.59 Å². The van der Waals surface area contributed by atoms with Crippen molar-refractivity contribution in [2.45, 2.75) is 199 Å². The second-order valence-electron chi connectivity index (χ2n) is 15.6. The molecule has 0 rings (SSSR count). The molecule has 0 bridgehead atoms. The van der Waals surface area contributed by atoms with Crippen LogP contribution in [0.1, 0.15) is 187 Å². The maximum atomic E-state index is 12.5. The van der Waals surface area contributed by atoms with Crippen LogP contribution in [0.3, 0.4) is 0 Å². The second-order valence-corrected chi connectivity index (χ2v) is 15.6. The number of allylic oxidation sites excluding steroid dienone is 4. The van der Waals surface area contributed by atoms with Crippen molar-refractivity contribution in [1.29, 1.82) is 0 Å². The van der Waals surface area contributed by atoms with E-state index in [2.05, 4.69) is 26.0 Å². The number of hydrogen-bond acceptors (Lipinski definition) is 7. The summed E-state index contributed by atoms with van der Waals surface area (Å²) in [5.41, 5.74) is 0. The Morgan fingerprint density at radius 3 is 1.54 bits per heavy atom. The van der Waals surface area contributed by atoms with Gasteiger partial charge in [-0.15, -0.1) is 0 Å². The van der Waals surface area contributed by atoms with Crippen LogP contribution in [0.2, 0.25) is 0 Å². The van der Waals surface area contributed by atoms with Crippen LogP contribution in [0.4, 0.5) is 0 Å². The smallest absolute Gasteiger partial charge is 0.306 e. The fourth-order valence-electron chi connectivity index (χ4n) is 6.31. The summed E-state index contributed by atoms with van der Waals surface area (Å²) in [6.07, 6.45) is 38.3. The average Bonchev–Trinajstić information content (AvgIpc) is 3.09. The molecule has 0 radical (unpaired) electrons. The van der Waals surface area contributed by atoms with Gasteiger partial charge in [0.05, 0.1) is 40.3 Å². The van der Waals surface area contributed by atoms with Gasteiger partial charge in [0, 0.05) is 19.3 Å². The molecule has 0 amide bonds. The number of likely N-dealkylation sites (N-methyl/N-ethyl adjacent to an activating group) is 1. The molecule has 0 saturated heterocycles. The Hall–Kier alpha value is -2.19. The van der Waals surface area contributed by atoms with Gasteiger partial charge in [-0.1, -0.05) is 167 Å². The van der Waals surface area contributed by atoms with Crippen LogP contribution in [0.25, 0.3) is 0 Å². The lowest BCUT2D eigenvalue weighted by atomic mass is 10.0. The minimum absolute atomic E-state index is 0.0208. The third-order valence-electron chi connectivity index (χ3n) is 9.62. The maximum Gasteiger partial charge on any atom is 0.306 e. The van der Waals surface area contributed by atoms with E-state index < -0.39 is 18.1 Å². The van der Waals surface area contributed by atoms with Crippen LogP contribution in [-0.4, -0.2) is 75.5 Å². The summed E-state index contributed by atoms with van der Waals surface area (Å²) in [7, 11) is 5.38. The highest BCUT2D eigenvalue weighted by Gasteiger charge is 2.25. The van der Waals surface area contributed by atoms with E-state index in [0.29, 0.717) is 12.8 Å². The third-order valence-corrected chi connectivity index (χ3v) is 9.62. The molecular weight excluding hydrogens is 654 g/mol. The number of quaternary nitrogens is 1. The van der Waals surface area contributed by atoms with Gasteiger partial charge < -0.3 is 28.6 Å². The molecule has 0 heterocycles. The number of nitrogens with zero attached hydrogens (tertiary/aromatic N) is 1. The van der Waals surface area contributed by atoms with Gasteiger partial charge in [0.1, 0.15) is 12.6 Å². The molecule has 304 valence electrons. The van der Waals surface area contributed by atoms with Crippen LogP contribution in [0, 0.1) is 0 Å². The predicted octanol–water partition coefficient (Wildman–Crippen LogP) is 9.97. The first-order chi connectivity index (χ1) is 25.1. The molecule has 8 nitrogen and oxygen atoms in total. The topological polar surface area (TPSA) is 102 Å². The number of aliphatic carboxylic acids is 1. The fourth-order valence-corrected chi connectivity index (χ4v) is 6.31.